The van der Waals surface area contributed by atoms with E-state index in [1.807, 2.05) is 0 Å². The van der Waals surface area contributed by atoms with Gasteiger partial charge in [0.2, 0.25) is 0 Å². The summed E-state index contributed by atoms with van der Waals surface area (Å²) in [5, 5.41) is 0. The van der Waals surface area contributed by atoms with Crippen LogP contribution in [0.1, 0.15) is 206 Å². The van der Waals surface area contributed by atoms with Gasteiger partial charge >= 0.3 is 0 Å². The Bertz CT molecular complexity index is 3970. The summed E-state index contributed by atoms with van der Waals surface area (Å²) in [6.07, 6.45) is 6.96. The van der Waals surface area contributed by atoms with Crippen molar-refractivity contribution in [1.82, 2.24) is 0 Å². The van der Waals surface area contributed by atoms with Crippen molar-refractivity contribution >= 4 is 74.3 Å². The van der Waals surface area contributed by atoms with Crippen LogP contribution in [0.15, 0.2) is 152 Å². The molecule has 0 atom stereocenters. The molecule has 3 heterocycles. The molecule has 0 bridgehead atoms. The van der Waals surface area contributed by atoms with E-state index in [0.717, 1.165) is 25.7 Å². The van der Waals surface area contributed by atoms with Gasteiger partial charge in [-0.15, -0.1) is 0 Å². The van der Waals surface area contributed by atoms with Gasteiger partial charge in [0.1, 0.15) is 0 Å². The Kier molecular flexibility index (Phi) is 11.5. The van der Waals surface area contributed by atoms with Crippen molar-refractivity contribution in [2.45, 2.75) is 200 Å². The third kappa shape index (κ3) is 8.02. The number of para-hydroxylation sites is 2. The topological polar surface area (TPSA) is 9.72 Å². The minimum Gasteiger partial charge on any atom is -0.311 e. The monoisotopic (exact) mass is 1090 g/mol. The molecule has 3 aliphatic heterocycles. The minimum absolute atomic E-state index is 0.00977. The molecule has 6 aliphatic rings. The molecule has 83 heavy (non-hydrogen) atoms. The first-order valence-electron chi connectivity index (χ1n) is 31.5. The third-order valence-electron chi connectivity index (χ3n) is 22.2. The quantitative estimate of drug-likeness (QED) is 0.163. The van der Waals surface area contributed by atoms with E-state index in [0.29, 0.717) is 0 Å². The van der Waals surface area contributed by atoms with Crippen molar-refractivity contribution in [3.63, 3.8) is 0 Å². The molecule has 422 valence electrons. The lowest BCUT2D eigenvalue weighted by Crippen LogP contribution is -2.62. The Morgan fingerprint density at radius 2 is 0.747 bits per heavy atom. The van der Waals surface area contributed by atoms with Gasteiger partial charge in [0.25, 0.3) is 6.71 Å². The highest BCUT2D eigenvalue weighted by Crippen LogP contribution is 2.58. The number of hydrogen-bond donors (Lipinski definition) is 0. The molecule has 0 N–H and O–H groups in total. The Morgan fingerprint density at radius 1 is 0.325 bits per heavy atom. The van der Waals surface area contributed by atoms with Crippen molar-refractivity contribution in [2.24, 2.45) is 0 Å². The van der Waals surface area contributed by atoms with Gasteiger partial charge in [-0.05, 0) is 215 Å². The van der Waals surface area contributed by atoms with Crippen molar-refractivity contribution in [2.75, 3.05) is 14.7 Å². The SMILES string of the molecule is CC(C)(C)c1cc2c3c(c1)N(c1cc4c(cc1-c1ccccc1)C(C)(C)CCC4(C)C)c1cc(N4c5ccccc5C(C)(C)c5ccccc54)ccc1B3c1cc3c(cc1N2c1ccc2c(c1)C(C)(C)CCC2(C)C)C(C)(C)CCC3(C)C. The fraction of sp³-hybridized carbons (Fsp3) is 0.392. The maximum absolute atomic E-state index is 2.78. The summed E-state index contributed by atoms with van der Waals surface area (Å²) in [5.74, 6) is 0. The van der Waals surface area contributed by atoms with E-state index in [4.69, 9.17) is 0 Å². The predicted molar refractivity (Wildman–Crippen MR) is 357 cm³/mol. The maximum atomic E-state index is 2.78. The largest absolute Gasteiger partial charge is 0.311 e. The molecule has 4 heteroatoms. The van der Waals surface area contributed by atoms with Crippen LogP contribution in [0.4, 0.5) is 51.2 Å². The van der Waals surface area contributed by atoms with Gasteiger partial charge < -0.3 is 14.7 Å². The number of fused-ring (bicyclic) bond motifs is 9. The van der Waals surface area contributed by atoms with E-state index < -0.39 is 0 Å². The fourth-order valence-corrected chi connectivity index (χ4v) is 16.4. The molecule has 0 amide bonds. The van der Waals surface area contributed by atoms with E-state index in [2.05, 4.69) is 284 Å². The third-order valence-corrected chi connectivity index (χ3v) is 22.2. The molecular formula is C79H88BN3. The van der Waals surface area contributed by atoms with Crippen LogP contribution in [0.5, 0.6) is 0 Å². The van der Waals surface area contributed by atoms with Crippen LogP contribution in [-0.2, 0) is 43.3 Å². The molecule has 8 aromatic carbocycles. The highest BCUT2D eigenvalue weighted by Gasteiger charge is 2.49. The normalized spacial score (nSPS) is 20.2. The number of benzene rings is 8. The molecule has 0 saturated heterocycles. The summed E-state index contributed by atoms with van der Waals surface area (Å²) >= 11 is 0. The van der Waals surface area contributed by atoms with Gasteiger partial charge in [-0.25, -0.2) is 0 Å². The van der Waals surface area contributed by atoms with Crippen LogP contribution in [0, 0.1) is 0 Å². The van der Waals surface area contributed by atoms with Crippen molar-refractivity contribution in [3.05, 3.63) is 202 Å². The Morgan fingerprint density at radius 3 is 1.30 bits per heavy atom. The molecule has 8 aromatic rings. The lowest BCUT2D eigenvalue weighted by molar-refractivity contribution is 0.332. The standard InChI is InChI=1S/C79H88BN3/c1-72(2,3)50-41-69-71-70(42-50)83(66-47-60-58(75(8,9)37-39-77(60,12)13)45-53(66)49-25-19-18-20-26-49)67-44-52(81-64-29-23-21-27-55(64)79(16,17)56-28-22-24-30-65(56)81)32-34-62(67)80(71)63-46-59-61(78(14,15)40-38-76(59,10)11)48-68(63)82(69)51-31-33-54-57(43-51)74(6,7)36-35-73(54,4)5/h18-34,41-48H,35-40H2,1-17H3. The second-order valence-corrected chi connectivity index (χ2v) is 31.8. The number of anilines is 9. The van der Waals surface area contributed by atoms with Gasteiger partial charge in [-0.1, -0.05) is 203 Å². The van der Waals surface area contributed by atoms with Crippen LogP contribution in [0.3, 0.4) is 0 Å². The van der Waals surface area contributed by atoms with Crippen LogP contribution < -0.4 is 31.1 Å². The summed E-state index contributed by atoms with van der Waals surface area (Å²) in [4.78, 5) is 8.11. The van der Waals surface area contributed by atoms with Gasteiger partial charge in [0.05, 0.1) is 17.1 Å². The van der Waals surface area contributed by atoms with Crippen LogP contribution in [-0.4, -0.2) is 6.71 Å². The molecule has 0 saturated carbocycles. The highest BCUT2D eigenvalue weighted by atomic mass is 15.2. The summed E-state index contributed by atoms with van der Waals surface area (Å²) < 4.78 is 0. The average molecular weight is 1090 g/mol. The summed E-state index contributed by atoms with van der Waals surface area (Å²) in [6, 6.07) is 60.9. The zero-order valence-corrected chi connectivity index (χ0v) is 53.1. The van der Waals surface area contributed by atoms with Gasteiger partial charge in [0, 0.05) is 45.1 Å². The second-order valence-electron chi connectivity index (χ2n) is 31.8. The first-order chi connectivity index (χ1) is 39.0. The van der Waals surface area contributed by atoms with Crippen molar-refractivity contribution in [1.29, 1.82) is 0 Å². The first kappa shape index (κ1) is 54.2. The van der Waals surface area contributed by atoms with Crippen LogP contribution >= 0.6 is 0 Å². The van der Waals surface area contributed by atoms with Gasteiger partial charge in [0.15, 0.2) is 0 Å². The van der Waals surface area contributed by atoms with Crippen molar-refractivity contribution < 1.29 is 0 Å². The molecule has 3 nitrogen and oxygen atoms in total. The Balaban J connectivity index is 1.14. The summed E-state index contributed by atoms with van der Waals surface area (Å²) in [5.41, 5.74) is 30.7. The highest BCUT2D eigenvalue weighted by molar-refractivity contribution is 7.00. The lowest BCUT2D eigenvalue weighted by atomic mass is 9.33. The molecule has 3 aliphatic carbocycles. The summed E-state index contributed by atoms with van der Waals surface area (Å²) in [6.45, 7) is 42.0. The average Bonchev–Trinajstić information content (AvgIpc) is 3.48. The van der Waals surface area contributed by atoms with Gasteiger partial charge in [-0.3, -0.25) is 0 Å². The van der Waals surface area contributed by atoms with Crippen LogP contribution in [0.2, 0.25) is 0 Å². The number of hydrogen-bond acceptors (Lipinski definition) is 3. The smallest absolute Gasteiger partial charge is 0.252 e. The van der Waals surface area contributed by atoms with Gasteiger partial charge in [-0.2, -0.15) is 0 Å². The predicted octanol–water partition coefficient (Wildman–Crippen LogP) is 19.9. The minimum atomic E-state index is -0.180. The second kappa shape index (κ2) is 17.7. The summed E-state index contributed by atoms with van der Waals surface area (Å²) in [7, 11) is 0. The number of rotatable bonds is 4. The van der Waals surface area contributed by atoms with E-state index in [1.54, 1.807) is 0 Å². The van der Waals surface area contributed by atoms with E-state index >= 15 is 0 Å². The first-order valence-corrected chi connectivity index (χ1v) is 31.5. The van der Waals surface area contributed by atoms with E-state index in [9.17, 15) is 0 Å². The fourth-order valence-electron chi connectivity index (χ4n) is 16.4. The van der Waals surface area contributed by atoms with E-state index in [-0.39, 0.29) is 50.0 Å². The number of nitrogens with zero attached hydrogens (tertiary/aromatic N) is 3. The molecule has 0 radical (unpaired) electrons. The molecule has 0 unspecified atom stereocenters. The zero-order valence-electron chi connectivity index (χ0n) is 53.1. The molecule has 0 fully saturated rings. The van der Waals surface area contributed by atoms with Crippen LogP contribution in [0.25, 0.3) is 11.1 Å². The Hall–Kier alpha value is -6.78. The van der Waals surface area contributed by atoms with Crippen molar-refractivity contribution in [3.8, 4) is 11.1 Å². The molecule has 0 aromatic heterocycles. The van der Waals surface area contributed by atoms with E-state index in [1.165, 1.54) is 142 Å². The Labute approximate surface area is 498 Å². The molecule has 14 rings (SSSR count). The maximum Gasteiger partial charge on any atom is 0.252 e. The molecule has 0 spiro atoms. The lowest BCUT2D eigenvalue weighted by Gasteiger charge is -2.49. The molecular weight excluding hydrogens is 1000 g/mol. The zero-order chi connectivity index (χ0) is 58.5.